The van der Waals surface area contributed by atoms with Gasteiger partial charge in [-0.05, 0) is 183 Å². The molecule has 0 bridgehead atoms. The highest BCUT2D eigenvalue weighted by molar-refractivity contribution is 9.08. The summed E-state index contributed by atoms with van der Waals surface area (Å²) in [6.45, 7) is 5.85. The number of anilines is 2. The first-order valence-corrected chi connectivity index (χ1v) is 33.6. The Morgan fingerprint density at radius 3 is 1.33 bits per heavy atom. The highest BCUT2D eigenvalue weighted by Crippen LogP contribution is 2.42. The number of carboxylic acids is 1. The minimum atomic E-state index is -4.61. The average molecular weight is 1650 g/mol. The van der Waals surface area contributed by atoms with Gasteiger partial charge in [0.05, 0.1) is 136 Å². The number of carboxylic acid groups (broad SMARTS) is 1. The number of hydrogen-bond acceptors (Lipinski definition) is 7. The number of nitrogens with zero attached hydrogens (tertiary/aromatic N) is 7. The Bertz CT molecular complexity index is 4570. The van der Waals surface area contributed by atoms with Gasteiger partial charge in [-0.15, -0.1) is 0 Å². The molecule has 3 unspecified atom stereocenters. The van der Waals surface area contributed by atoms with Crippen LogP contribution in [-0.4, -0.2) is 49.6 Å². The molecule has 34 heteroatoms. The Kier molecular flexibility index (Phi) is 29.8. The minimum absolute atomic E-state index is 0.0553. The molecule has 9 aromatic rings. The molecule has 2 aliphatic rings. The third-order valence-corrected chi connectivity index (χ3v) is 17.8. The number of nitrogens with one attached hydrogen (secondary N) is 1. The van der Waals surface area contributed by atoms with E-state index in [1.807, 2.05) is 16.9 Å². The number of alkyl halides is 16. The van der Waals surface area contributed by atoms with E-state index in [9.17, 15) is 84.2 Å². The molecular weight excluding hydrogens is 1590 g/mol. The smallest absolute Gasteiger partial charge is 0.417 e. The van der Waals surface area contributed by atoms with E-state index < -0.39 is 92.5 Å². The molecule has 558 valence electrons. The fraction of sp³-hybridized carbons (Fsp3) is 0.268. The summed E-state index contributed by atoms with van der Waals surface area (Å²) in [6, 6.07) is 33.3. The lowest BCUT2D eigenvalue weighted by Crippen LogP contribution is -2.38. The van der Waals surface area contributed by atoms with Gasteiger partial charge in [0.1, 0.15) is 11.6 Å². The maximum atomic E-state index is 13.3. The fourth-order valence-electron chi connectivity index (χ4n) is 9.97. The molecule has 0 aliphatic carbocycles. The van der Waals surface area contributed by atoms with Crippen LogP contribution in [0.2, 0.25) is 25.1 Å². The van der Waals surface area contributed by atoms with Gasteiger partial charge in [0.15, 0.2) is 0 Å². The highest BCUT2D eigenvalue weighted by atomic mass is 79.9. The molecule has 2 aliphatic heterocycles. The minimum Gasteiger partial charge on any atom is -0.481 e. The second-order valence-corrected chi connectivity index (χ2v) is 25.4. The summed E-state index contributed by atoms with van der Waals surface area (Å²) in [5, 5.41) is 36.2. The topological polar surface area (TPSA) is 153 Å². The van der Waals surface area contributed by atoms with E-state index in [-0.39, 0.29) is 50.2 Å². The summed E-state index contributed by atoms with van der Waals surface area (Å²) < 4.78 is 218. The highest BCUT2D eigenvalue weighted by Gasteiger charge is 2.39. The van der Waals surface area contributed by atoms with Crippen molar-refractivity contribution in [3.8, 4) is 23.5 Å². The van der Waals surface area contributed by atoms with E-state index in [0.717, 1.165) is 91.1 Å². The molecule has 2 N–H and O–H groups in total. The van der Waals surface area contributed by atoms with Crippen molar-refractivity contribution in [2.75, 3.05) is 23.3 Å². The van der Waals surface area contributed by atoms with Gasteiger partial charge in [-0.2, -0.15) is 86.6 Å². The van der Waals surface area contributed by atoms with Crippen LogP contribution in [0.5, 0.6) is 0 Å². The number of rotatable bonds is 9. The van der Waals surface area contributed by atoms with Crippen LogP contribution in [0.4, 0.5) is 86.0 Å². The van der Waals surface area contributed by atoms with Gasteiger partial charge in [0.25, 0.3) is 0 Å². The van der Waals surface area contributed by atoms with E-state index >= 15 is 0 Å². The first kappa shape index (κ1) is 85.3. The van der Waals surface area contributed by atoms with Crippen molar-refractivity contribution in [3.63, 3.8) is 0 Å². The first-order chi connectivity index (χ1) is 49.0. The predicted molar refractivity (Wildman–Crippen MR) is 367 cm³/mol. The van der Waals surface area contributed by atoms with Crippen molar-refractivity contribution in [1.29, 1.82) is 10.5 Å². The molecular formula is C71H55BrCl5F17N8O3. The lowest BCUT2D eigenvalue weighted by Gasteiger charge is -2.30. The molecule has 0 saturated heterocycles. The monoisotopic (exact) mass is 1640 g/mol. The summed E-state index contributed by atoms with van der Waals surface area (Å²) in [5.74, 6) is -4.48. The Hall–Kier alpha value is -8.58. The molecule has 0 radical (unpaired) electrons. The van der Waals surface area contributed by atoms with Crippen molar-refractivity contribution in [1.82, 2.24) is 19.6 Å². The maximum absolute atomic E-state index is 13.3. The molecule has 7 aromatic carbocycles. The Morgan fingerprint density at radius 1 is 0.524 bits per heavy atom. The van der Waals surface area contributed by atoms with Crippen LogP contribution in [0.15, 0.2) is 152 Å². The van der Waals surface area contributed by atoms with Gasteiger partial charge in [-0.25, -0.2) is 18.1 Å². The number of aromatic nitrogens is 4. The number of benzene rings is 7. The zero-order valence-corrected chi connectivity index (χ0v) is 59.8. The lowest BCUT2D eigenvalue weighted by atomic mass is 9.96. The average Bonchev–Trinajstić information content (AvgIpc) is 1.72. The third-order valence-electron chi connectivity index (χ3n) is 15.5. The molecule has 4 heterocycles. The van der Waals surface area contributed by atoms with Gasteiger partial charge in [-0.3, -0.25) is 9.59 Å². The SMILES string of the molecule is CC(C#N)c1ccc(Cl)c(C(F)(F)F)c1.CC(C(=O)N1CCCc2c1cnn2-c1ccc(F)cc1)c1ccc(Cl)c(C(F)(F)F)c1.CC(C(=O)O)c1ccc(Cl)c(C(F)(F)F)c1.FC(F)(F)c1cc(CBr)ccc1Cl.Fc1ccc(-n2ncc3c2CCCN3)cc1.N#CCc1ccc(Cl)c(C(F)(F)F)c1. The van der Waals surface area contributed by atoms with Gasteiger partial charge < -0.3 is 15.3 Å². The van der Waals surface area contributed by atoms with E-state index in [1.165, 1.54) is 74.1 Å². The lowest BCUT2D eigenvalue weighted by molar-refractivity contribution is -0.139. The van der Waals surface area contributed by atoms with Crippen molar-refractivity contribution in [2.45, 2.75) is 107 Å². The summed E-state index contributed by atoms with van der Waals surface area (Å²) in [5.41, 5.74) is 2.18. The zero-order valence-electron chi connectivity index (χ0n) is 54.4. The summed E-state index contributed by atoms with van der Waals surface area (Å²) in [4.78, 5) is 25.4. The van der Waals surface area contributed by atoms with Crippen LogP contribution in [0.1, 0.15) is 118 Å². The third kappa shape index (κ3) is 23.5. The Labute approximate surface area is 622 Å². The van der Waals surface area contributed by atoms with Crippen LogP contribution in [0.3, 0.4) is 0 Å². The zero-order chi connectivity index (χ0) is 78.3. The number of nitriles is 2. The van der Waals surface area contributed by atoms with Crippen molar-refractivity contribution < 1.29 is 89.3 Å². The molecule has 11 rings (SSSR count). The van der Waals surface area contributed by atoms with Crippen LogP contribution in [-0.2, 0) is 65.1 Å². The van der Waals surface area contributed by atoms with Gasteiger partial charge >= 0.3 is 36.9 Å². The number of amides is 1. The maximum Gasteiger partial charge on any atom is 0.417 e. The molecule has 11 nitrogen and oxygen atoms in total. The fourth-order valence-corrected chi connectivity index (χ4v) is 11.4. The first-order valence-electron chi connectivity index (χ1n) is 30.6. The second-order valence-electron chi connectivity index (χ2n) is 22.8. The van der Waals surface area contributed by atoms with Crippen LogP contribution < -0.4 is 10.2 Å². The van der Waals surface area contributed by atoms with Gasteiger partial charge in [-0.1, -0.05) is 104 Å². The molecule has 0 saturated carbocycles. The van der Waals surface area contributed by atoms with Crippen molar-refractivity contribution in [3.05, 3.63) is 256 Å². The second kappa shape index (κ2) is 36.6. The number of fused-ring (bicyclic) bond motifs is 2. The largest absolute Gasteiger partial charge is 0.481 e. The summed E-state index contributed by atoms with van der Waals surface area (Å²) >= 11 is 30.4. The van der Waals surface area contributed by atoms with Crippen LogP contribution >= 0.6 is 73.9 Å². The molecule has 0 fully saturated rings. The van der Waals surface area contributed by atoms with Crippen LogP contribution in [0, 0.1) is 34.3 Å². The van der Waals surface area contributed by atoms with E-state index in [0.29, 0.717) is 52.8 Å². The number of halogens is 23. The van der Waals surface area contributed by atoms with Crippen molar-refractivity contribution in [2.24, 2.45) is 0 Å². The molecule has 105 heavy (non-hydrogen) atoms. The quantitative estimate of drug-likeness (QED) is 0.107. The van der Waals surface area contributed by atoms with Crippen LogP contribution in [0.25, 0.3) is 11.4 Å². The normalized spacial score (nSPS) is 13.5. The van der Waals surface area contributed by atoms with E-state index in [4.69, 9.17) is 73.6 Å². The Morgan fingerprint density at radius 2 is 0.905 bits per heavy atom. The Balaban J connectivity index is 0.000000205. The molecule has 1 amide bonds. The van der Waals surface area contributed by atoms with Crippen molar-refractivity contribution >= 4 is 97.2 Å². The summed E-state index contributed by atoms with van der Waals surface area (Å²) in [7, 11) is 0. The van der Waals surface area contributed by atoms with Gasteiger partial charge in [0, 0.05) is 18.4 Å². The number of carbonyl (C=O) groups is 2. The summed E-state index contributed by atoms with van der Waals surface area (Å²) in [6.07, 6.45) is -15.7. The molecule has 0 spiro atoms. The predicted octanol–water partition coefficient (Wildman–Crippen LogP) is 23.3. The number of hydrogen-bond donors (Lipinski definition) is 2. The molecule has 3 atom stereocenters. The van der Waals surface area contributed by atoms with E-state index in [1.54, 1.807) is 59.1 Å². The number of aliphatic carboxylic acids is 1. The molecule has 2 aromatic heterocycles. The number of carbonyl (C=O) groups excluding carboxylic acids is 1. The standard InChI is InChI=1S/C22H18ClF4N3O.C12H12FN3.C10H7ClF3N.C10H8ClF3O2.C9H5ClF3N.C8H5BrClF3/c1-13(14-4-9-18(23)17(11-14)22(25,26)27)21(31)29-10-2-3-19-20(29)12-28-30(19)16-7-5-15(24)6-8-16;13-9-3-5-10(6-4-9)16-12-2-1-7-14-11(12)8-15-16;1-6(5-15)7-2-3-9(11)8(4-7)10(12,13)14;1-5(9(15)16)6-2-3-8(11)7(4-6)10(12,13)14;10-8-2-1-6(3-4-14)5-7(8)9(11,12)13;9-4-5-1-2-7(10)6(3-5)8(11,12)13/h4-9,11-13H,2-3,10H2,1H3;3-6,8,14H,1-2,7H2;2-4,6H,1H3;2-5H,1H3,(H,15,16);1-2,5H,3H2;1-3H,4H2. The van der Waals surface area contributed by atoms with E-state index in [2.05, 4.69) is 31.4 Å². The van der Waals surface area contributed by atoms with Gasteiger partial charge in [0.2, 0.25) is 5.91 Å².